The van der Waals surface area contributed by atoms with Crippen LogP contribution in [0.25, 0.3) is 15.3 Å². The number of nitrogens with two attached hydrogens (primary N) is 1. The van der Waals surface area contributed by atoms with Crippen LogP contribution in [0.5, 0.6) is 0 Å². The highest BCUT2D eigenvalue weighted by Gasteiger charge is 2.13. The second kappa shape index (κ2) is 5.64. The molecule has 0 aliphatic carbocycles. The summed E-state index contributed by atoms with van der Waals surface area (Å²) in [5, 5.41) is 8.23. The summed E-state index contributed by atoms with van der Waals surface area (Å²) < 4.78 is 3.60. The van der Waals surface area contributed by atoms with Gasteiger partial charge in [0.25, 0.3) is 0 Å². The first-order valence-corrected chi connectivity index (χ1v) is 8.41. The number of halogens is 1. The molecule has 0 unspecified atom stereocenters. The smallest absolute Gasteiger partial charge is 0.248 e. The number of hydrogen-bond donors (Lipinski definition) is 2. The molecule has 6 nitrogen and oxygen atoms in total. The lowest BCUT2D eigenvalue weighted by molar-refractivity contribution is 0.886. The number of nitrogen functional groups attached to an aromatic ring is 1. The molecule has 0 fully saturated rings. The van der Waals surface area contributed by atoms with E-state index in [0.717, 1.165) is 20.4 Å². The van der Waals surface area contributed by atoms with Crippen molar-refractivity contribution in [1.29, 1.82) is 0 Å². The number of fused-ring (bicyclic) bond motifs is 1. The van der Waals surface area contributed by atoms with Crippen molar-refractivity contribution in [3.63, 3.8) is 0 Å². The average Bonchev–Trinajstić information content (AvgIpc) is 3.10. The van der Waals surface area contributed by atoms with Crippen molar-refractivity contribution in [3.05, 3.63) is 53.0 Å². The van der Waals surface area contributed by atoms with Gasteiger partial charge in [0.05, 0.1) is 10.2 Å². The van der Waals surface area contributed by atoms with Gasteiger partial charge in [0.1, 0.15) is 0 Å². The van der Waals surface area contributed by atoms with Crippen LogP contribution in [0.3, 0.4) is 0 Å². The lowest BCUT2D eigenvalue weighted by atomic mass is 10.3. The fourth-order valence-corrected chi connectivity index (χ4v) is 3.49. The summed E-state index contributed by atoms with van der Waals surface area (Å²) in [6.45, 7) is 0. The molecule has 8 heteroatoms. The van der Waals surface area contributed by atoms with E-state index in [-0.39, 0.29) is 0 Å². The third-order valence-corrected chi connectivity index (χ3v) is 4.68. The van der Waals surface area contributed by atoms with Crippen LogP contribution in [0.4, 0.5) is 17.6 Å². The van der Waals surface area contributed by atoms with Crippen LogP contribution < -0.4 is 11.1 Å². The number of para-hydroxylation sites is 1. The maximum Gasteiger partial charge on any atom is 0.248 e. The minimum absolute atomic E-state index is 0.293. The molecule has 0 atom stereocenters. The second-order valence-corrected chi connectivity index (χ2v) is 6.73. The van der Waals surface area contributed by atoms with Gasteiger partial charge in [0.2, 0.25) is 17.0 Å². The zero-order valence-electron chi connectivity index (χ0n) is 11.8. The molecule has 0 aliphatic heterocycles. The van der Waals surface area contributed by atoms with Crippen molar-refractivity contribution in [3.8, 4) is 5.13 Å². The third kappa shape index (κ3) is 2.78. The molecule has 2 heterocycles. The van der Waals surface area contributed by atoms with Crippen LogP contribution in [0, 0.1) is 0 Å². The van der Waals surface area contributed by atoms with E-state index in [4.69, 9.17) is 5.73 Å². The summed E-state index contributed by atoms with van der Waals surface area (Å²) in [6.07, 6.45) is 0. The molecule has 4 aromatic rings. The maximum absolute atomic E-state index is 5.99. The Morgan fingerprint density at radius 1 is 1.09 bits per heavy atom. The minimum Gasteiger partial charge on any atom is -0.368 e. The van der Waals surface area contributed by atoms with Crippen LogP contribution in [0.2, 0.25) is 0 Å². The molecule has 3 N–H and O–H groups in total. The second-order valence-electron chi connectivity index (χ2n) is 4.80. The van der Waals surface area contributed by atoms with E-state index >= 15 is 0 Å². The van der Waals surface area contributed by atoms with E-state index in [1.807, 2.05) is 48.5 Å². The summed E-state index contributed by atoms with van der Waals surface area (Å²) in [4.78, 5) is 8.79. The molecule has 0 aliphatic rings. The molecule has 0 bridgehead atoms. The molecule has 4 rings (SSSR count). The molecule has 0 saturated heterocycles. The Kier molecular flexibility index (Phi) is 3.47. The fraction of sp³-hybridized carbons (Fsp3) is 0. The van der Waals surface area contributed by atoms with Gasteiger partial charge in [-0.15, -0.1) is 5.10 Å². The topological polar surface area (TPSA) is 81.6 Å². The Morgan fingerprint density at radius 2 is 1.96 bits per heavy atom. The van der Waals surface area contributed by atoms with Gasteiger partial charge in [-0.2, -0.15) is 9.67 Å². The van der Waals surface area contributed by atoms with Crippen molar-refractivity contribution in [2.24, 2.45) is 0 Å². The summed E-state index contributed by atoms with van der Waals surface area (Å²) in [5.41, 5.74) is 7.78. The molecule has 0 radical (unpaired) electrons. The number of nitrogens with zero attached hydrogens (tertiary/aromatic N) is 4. The number of nitrogens with one attached hydrogen (secondary N) is 1. The van der Waals surface area contributed by atoms with Gasteiger partial charge < -0.3 is 11.1 Å². The Hall–Kier alpha value is -2.45. The number of anilines is 3. The Bertz CT molecular complexity index is 959. The van der Waals surface area contributed by atoms with Crippen LogP contribution in [0.15, 0.2) is 53.0 Å². The van der Waals surface area contributed by atoms with Crippen LogP contribution in [0.1, 0.15) is 0 Å². The number of benzene rings is 2. The van der Waals surface area contributed by atoms with Gasteiger partial charge in [0, 0.05) is 10.2 Å². The van der Waals surface area contributed by atoms with Gasteiger partial charge in [-0.05, 0) is 30.3 Å². The molecule has 0 saturated carbocycles. The van der Waals surface area contributed by atoms with Gasteiger partial charge in [0.15, 0.2) is 0 Å². The van der Waals surface area contributed by atoms with Gasteiger partial charge in [-0.3, -0.25) is 0 Å². The average molecular weight is 387 g/mol. The minimum atomic E-state index is 0.293. The standard InChI is InChI=1S/C15H11BrN6S/c16-9-4-3-5-10(8-9)18-14-20-13(17)22(21-14)15-19-11-6-1-2-7-12(11)23-15/h1-8H,(H3,17,18,20,21). The molecular weight excluding hydrogens is 376 g/mol. The van der Waals surface area contributed by atoms with Crippen molar-refractivity contribution < 1.29 is 0 Å². The third-order valence-electron chi connectivity index (χ3n) is 3.18. The van der Waals surface area contributed by atoms with Crippen LogP contribution >= 0.6 is 27.3 Å². The Morgan fingerprint density at radius 3 is 2.78 bits per heavy atom. The van der Waals surface area contributed by atoms with E-state index in [9.17, 15) is 0 Å². The first kappa shape index (κ1) is 14.2. The van der Waals surface area contributed by atoms with Crippen molar-refractivity contribution in [1.82, 2.24) is 19.7 Å². The molecule has 2 aromatic carbocycles. The molecule has 2 aromatic heterocycles. The molecular formula is C15H11BrN6S. The van der Waals surface area contributed by atoms with E-state index in [1.165, 1.54) is 11.3 Å². The van der Waals surface area contributed by atoms with E-state index in [2.05, 4.69) is 36.3 Å². The summed E-state index contributed by atoms with van der Waals surface area (Å²) in [5.74, 6) is 0.724. The lowest BCUT2D eigenvalue weighted by Gasteiger charge is -2.01. The quantitative estimate of drug-likeness (QED) is 0.556. The normalized spacial score (nSPS) is 11.0. The number of aromatic nitrogens is 4. The summed E-state index contributed by atoms with van der Waals surface area (Å²) in [6, 6.07) is 15.7. The zero-order valence-corrected chi connectivity index (χ0v) is 14.2. The van der Waals surface area contributed by atoms with Gasteiger partial charge in [-0.1, -0.05) is 45.5 Å². The van der Waals surface area contributed by atoms with Gasteiger partial charge in [-0.25, -0.2) is 4.98 Å². The number of hydrogen-bond acceptors (Lipinski definition) is 6. The van der Waals surface area contributed by atoms with E-state index in [1.54, 1.807) is 4.68 Å². The first-order valence-electron chi connectivity index (χ1n) is 6.80. The molecule has 114 valence electrons. The van der Waals surface area contributed by atoms with Crippen molar-refractivity contribution in [2.45, 2.75) is 0 Å². The lowest BCUT2D eigenvalue weighted by Crippen LogP contribution is -2.01. The predicted octanol–water partition coefficient (Wildman–Crippen LogP) is 3.97. The summed E-state index contributed by atoms with van der Waals surface area (Å²) in [7, 11) is 0. The predicted molar refractivity (Wildman–Crippen MR) is 96.4 cm³/mol. The number of thiazole rings is 1. The maximum atomic E-state index is 5.99. The monoisotopic (exact) mass is 386 g/mol. The van der Waals surface area contributed by atoms with E-state index < -0.39 is 0 Å². The Labute approximate surface area is 144 Å². The molecule has 23 heavy (non-hydrogen) atoms. The SMILES string of the molecule is Nc1nc(Nc2cccc(Br)c2)nn1-c1nc2ccccc2s1. The van der Waals surface area contributed by atoms with E-state index in [0.29, 0.717) is 17.0 Å². The zero-order chi connectivity index (χ0) is 15.8. The Balaban J connectivity index is 1.69. The van der Waals surface area contributed by atoms with Crippen LogP contribution in [-0.2, 0) is 0 Å². The van der Waals surface area contributed by atoms with Crippen molar-refractivity contribution in [2.75, 3.05) is 11.1 Å². The highest BCUT2D eigenvalue weighted by molar-refractivity contribution is 9.10. The molecule has 0 spiro atoms. The summed E-state index contributed by atoms with van der Waals surface area (Å²) >= 11 is 4.95. The largest absolute Gasteiger partial charge is 0.368 e. The first-order chi connectivity index (χ1) is 11.2. The van der Waals surface area contributed by atoms with Crippen molar-refractivity contribution >= 4 is 55.1 Å². The fourth-order valence-electron chi connectivity index (χ4n) is 2.16. The van der Waals surface area contributed by atoms with Gasteiger partial charge >= 0.3 is 0 Å². The molecule has 0 amide bonds. The number of rotatable bonds is 3. The highest BCUT2D eigenvalue weighted by Crippen LogP contribution is 2.26. The van der Waals surface area contributed by atoms with Crippen LogP contribution in [-0.4, -0.2) is 19.7 Å². The highest BCUT2D eigenvalue weighted by atomic mass is 79.9.